The number of hydrogen-bond acceptors (Lipinski definition) is 5. The van der Waals surface area contributed by atoms with Gasteiger partial charge in [0.1, 0.15) is 5.75 Å². The topological polar surface area (TPSA) is 64.6 Å². The van der Waals surface area contributed by atoms with Crippen LogP contribution in [0.2, 0.25) is 0 Å². The largest absolute Gasteiger partial charge is 0.496 e. The molecule has 0 amide bonds. The first-order valence-corrected chi connectivity index (χ1v) is 12.4. The van der Waals surface area contributed by atoms with E-state index in [0.29, 0.717) is 36.3 Å². The van der Waals surface area contributed by atoms with Gasteiger partial charge in [0.25, 0.3) is 0 Å². The van der Waals surface area contributed by atoms with Crippen molar-refractivity contribution in [1.29, 1.82) is 0 Å². The molecular weight excluding hydrogens is 494 g/mol. The number of carbonyl (C=O) groups excluding carboxylic acids is 2. The fourth-order valence-corrected chi connectivity index (χ4v) is 5.34. The van der Waals surface area contributed by atoms with Gasteiger partial charge in [0, 0.05) is 29.3 Å². The van der Waals surface area contributed by atoms with E-state index in [2.05, 4.69) is 33.4 Å². The van der Waals surface area contributed by atoms with E-state index in [0.717, 1.165) is 27.0 Å². The zero-order valence-corrected chi connectivity index (χ0v) is 21.6. The molecule has 5 nitrogen and oxygen atoms in total. The van der Waals surface area contributed by atoms with Crippen LogP contribution in [0.25, 0.3) is 0 Å². The Morgan fingerprint density at radius 1 is 1.12 bits per heavy atom. The number of halogens is 1. The van der Waals surface area contributed by atoms with E-state index in [4.69, 9.17) is 9.47 Å². The molecule has 1 heterocycles. The first-order valence-electron chi connectivity index (χ1n) is 11.6. The van der Waals surface area contributed by atoms with Gasteiger partial charge >= 0.3 is 5.97 Å². The Hall–Kier alpha value is -2.86. The maximum absolute atomic E-state index is 13.6. The molecule has 6 heteroatoms. The van der Waals surface area contributed by atoms with Crippen molar-refractivity contribution >= 4 is 27.7 Å². The van der Waals surface area contributed by atoms with Gasteiger partial charge < -0.3 is 14.8 Å². The zero-order chi connectivity index (χ0) is 24.4. The van der Waals surface area contributed by atoms with Gasteiger partial charge in [-0.2, -0.15) is 0 Å². The van der Waals surface area contributed by atoms with Crippen LogP contribution in [0.5, 0.6) is 5.75 Å². The monoisotopic (exact) mass is 523 g/mol. The minimum Gasteiger partial charge on any atom is -0.496 e. The highest BCUT2D eigenvalue weighted by atomic mass is 79.9. The molecule has 0 unspecified atom stereocenters. The smallest absolute Gasteiger partial charge is 0.336 e. The predicted octanol–water partition coefficient (Wildman–Crippen LogP) is 6.02. The van der Waals surface area contributed by atoms with Gasteiger partial charge in [0.2, 0.25) is 0 Å². The Kier molecular flexibility index (Phi) is 7.27. The second kappa shape index (κ2) is 10.2. The molecule has 1 N–H and O–H groups in total. The lowest BCUT2D eigenvalue weighted by Gasteiger charge is -2.37. The molecule has 0 fully saturated rings. The fraction of sp³-hybridized carbons (Fsp3) is 0.357. The van der Waals surface area contributed by atoms with Crippen LogP contribution >= 0.6 is 15.9 Å². The van der Waals surface area contributed by atoms with Crippen LogP contribution in [-0.2, 0) is 14.3 Å². The Balaban J connectivity index is 1.79. The number of ether oxygens (including phenoxy) is 2. The quantitative estimate of drug-likeness (QED) is 0.469. The lowest BCUT2D eigenvalue weighted by Crippen LogP contribution is -2.36. The van der Waals surface area contributed by atoms with Crippen molar-refractivity contribution in [3.63, 3.8) is 0 Å². The van der Waals surface area contributed by atoms with E-state index in [-0.39, 0.29) is 23.6 Å². The normalized spacial score (nSPS) is 20.2. The summed E-state index contributed by atoms with van der Waals surface area (Å²) in [6.45, 7) is 6.21. The highest BCUT2D eigenvalue weighted by molar-refractivity contribution is 9.10. The first kappa shape index (κ1) is 24.3. The second-order valence-electron chi connectivity index (χ2n) is 9.31. The van der Waals surface area contributed by atoms with E-state index < -0.39 is 5.92 Å². The lowest BCUT2D eigenvalue weighted by atomic mass is 9.71. The minimum atomic E-state index is -0.498. The van der Waals surface area contributed by atoms with E-state index >= 15 is 0 Å². The molecule has 1 aliphatic carbocycles. The van der Waals surface area contributed by atoms with Crippen molar-refractivity contribution < 1.29 is 19.1 Å². The molecule has 0 saturated heterocycles. The van der Waals surface area contributed by atoms with E-state index in [1.165, 1.54) is 0 Å². The van der Waals surface area contributed by atoms with Crippen LogP contribution in [0.1, 0.15) is 56.6 Å². The molecule has 2 aromatic carbocycles. The highest BCUT2D eigenvalue weighted by Crippen LogP contribution is 2.46. The number of nitrogens with one attached hydrogen (secondary N) is 1. The molecule has 0 bridgehead atoms. The number of methoxy groups -OCH3 is 1. The van der Waals surface area contributed by atoms with Crippen LogP contribution in [-0.4, -0.2) is 25.5 Å². The van der Waals surface area contributed by atoms with Gasteiger partial charge in [-0.25, -0.2) is 4.79 Å². The third-order valence-corrected chi connectivity index (χ3v) is 7.00. The molecule has 0 aromatic heterocycles. The van der Waals surface area contributed by atoms with Crippen molar-refractivity contribution in [2.45, 2.75) is 45.4 Å². The molecular formula is C28H30BrNO4. The van der Waals surface area contributed by atoms with Gasteiger partial charge in [0.05, 0.1) is 23.8 Å². The van der Waals surface area contributed by atoms with Crippen LogP contribution < -0.4 is 10.1 Å². The summed E-state index contributed by atoms with van der Waals surface area (Å²) in [5.74, 6) is 0.178. The Bertz CT molecular complexity index is 1170. The number of dihydropyridines is 1. The summed E-state index contributed by atoms with van der Waals surface area (Å²) in [6, 6.07) is 15.8. The van der Waals surface area contributed by atoms with Gasteiger partial charge in [-0.05, 0) is 64.4 Å². The van der Waals surface area contributed by atoms with E-state index in [1.54, 1.807) is 7.11 Å². The van der Waals surface area contributed by atoms with Crippen LogP contribution in [0, 0.1) is 5.92 Å². The number of Topliss-reactive ketones (excluding diaryl/α,β-unsaturated/α-hetero) is 1. The summed E-state index contributed by atoms with van der Waals surface area (Å²) >= 11 is 3.57. The fourth-order valence-electron chi connectivity index (χ4n) is 4.79. The average Bonchev–Trinajstić information content (AvgIpc) is 2.82. The SMILES string of the molecule is COc1ccc([C@H]2C(C(=O)OCC(C)C)=C(C)NC3=C2C(=O)C[C@H](c2ccccc2)C3)cc1Br. The number of esters is 1. The Morgan fingerprint density at radius 2 is 1.85 bits per heavy atom. The number of allylic oxidation sites excluding steroid dienone is 3. The first-order chi connectivity index (χ1) is 16.3. The number of hydrogen-bond donors (Lipinski definition) is 1. The van der Waals surface area contributed by atoms with Crippen LogP contribution in [0.3, 0.4) is 0 Å². The molecule has 2 atom stereocenters. The third kappa shape index (κ3) is 4.83. The van der Waals surface area contributed by atoms with Gasteiger partial charge in [-0.1, -0.05) is 50.2 Å². The molecule has 178 valence electrons. The van der Waals surface area contributed by atoms with Crippen molar-refractivity contribution in [2.75, 3.05) is 13.7 Å². The zero-order valence-electron chi connectivity index (χ0n) is 20.0. The second-order valence-corrected chi connectivity index (χ2v) is 10.2. The van der Waals surface area contributed by atoms with Gasteiger partial charge in [0.15, 0.2) is 5.78 Å². The van der Waals surface area contributed by atoms with Crippen molar-refractivity contribution in [2.24, 2.45) is 5.92 Å². The molecule has 0 saturated carbocycles. The number of rotatable bonds is 6. The van der Waals surface area contributed by atoms with E-state index in [9.17, 15) is 9.59 Å². The molecule has 0 spiro atoms. The Labute approximate surface area is 209 Å². The average molecular weight is 524 g/mol. The minimum absolute atomic E-state index is 0.0567. The van der Waals surface area contributed by atoms with Crippen LogP contribution in [0.15, 0.2) is 75.5 Å². The molecule has 2 aliphatic rings. The van der Waals surface area contributed by atoms with Gasteiger partial charge in [-0.15, -0.1) is 0 Å². The van der Waals surface area contributed by atoms with Crippen LogP contribution in [0.4, 0.5) is 0 Å². The number of carbonyl (C=O) groups is 2. The maximum Gasteiger partial charge on any atom is 0.336 e. The van der Waals surface area contributed by atoms with Gasteiger partial charge in [-0.3, -0.25) is 4.79 Å². The summed E-state index contributed by atoms with van der Waals surface area (Å²) in [7, 11) is 1.61. The predicted molar refractivity (Wildman–Crippen MR) is 136 cm³/mol. The molecule has 0 radical (unpaired) electrons. The summed E-state index contributed by atoms with van der Waals surface area (Å²) in [5.41, 5.74) is 4.76. The molecule has 4 rings (SSSR count). The molecule has 34 heavy (non-hydrogen) atoms. The summed E-state index contributed by atoms with van der Waals surface area (Å²) < 4.78 is 11.8. The maximum atomic E-state index is 13.6. The third-order valence-electron chi connectivity index (χ3n) is 6.38. The number of ketones is 1. The Morgan fingerprint density at radius 3 is 2.50 bits per heavy atom. The summed E-state index contributed by atoms with van der Waals surface area (Å²) in [6.07, 6.45) is 1.12. The van der Waals surface area contributed by atoms with Crippen molar-refractivity contribution in [3.8, 4) is 5.75 Å². The highest BCUT2D eigenvalue weighted by Gasteiger charge is 2.41. The molecule has 1 aliphatic heterocycles. The summed E-state index contributed by atoms with van der Waals surface area (Å²) in [4.78, 5) is 26.9. The van der Waals surface area contributed by atoms with Crippen molar-refractivity contribution in [3.05, 3.63) is 86.7 Å². The lowest BCUT2D eigenvalue weighted by molar-refractivity contribution is -0.140. The van der Waals surface area contributed by atoms with Crippen molar-refractivity contribution in [1.82, 2.24) is 5.32 Å². The number of benzene rings is 2. The standard InChI is InChI=1S/C28H30BrNO4/c1-16(2)15-34-28(32)25-17(3)30-22-13-20(18-8-6-5-7-9-18)14-23(31)27(22)26(25)19-10-11-24(33-4)21(29)12-19/h5-12,16,20,26,30H,13-15H2,1-4H3/t20-,26+/m1/s1. The molecule has 2 aromatic rings. The summed E-state index contributed by atoms with van der Waals surface area (Å²) in [5, 5.41) is 3.41. The van der Waals surface area contributed by atoms with E-state index in [1.807, 2.05) is 57.2 Å².